The van der Waals surface area contributed by atoms with Crippen molar-refractivity contribution in [1.29, 1.82) is 0 Å². The number of nitrogens with zero attached hydrogens (tertiary/aromatic N) is 2. The second-order valence-corrected chi connectivity index (χ2v) is 9.72. The molecule has 0 spiro atoms. The predicted octanol–water partition coefficient (Wildman–Crippen LogP) is 2.34. The van der Waals surface area contributed by atoms with Crippen molar-refractivity contribution in [2.45, 2.75) is 66.0 Å². The summed E-state index contributed by atoms with van der Waals surface area (Å²) < 4.78 is 0. The van der Waals surface area contributed by atoms with E-state index in [2.05, 4.69) is 0 Å². The van der Waals surface area contributed by atoms with E-state index in [-0.39, 0.29) is 31.9 Å². The smallest absolute Gasteiger partial charge is 0.268 e. The molecule has 3 amide bonds. The quantitative estimate of drug-likeness (QED) is 0.270. The van der Waals surface area contributed by atoms with E-state index in [1.165, 1.54) is 6.92 Å². The molecule has 34 heavy (non-hydrogen) atoms. The van der Waals surface area contributed by atoms with Crippen LogP contribution in [-0.2, 0) is 14.4 Å². The first-order valence-electron chi connectivity index (χ1n) is 11.6. The van der Waals surface area contributed by atoms with Gasteiger partial charge in [0, 0.05) is 18.4 Å². The van der Waals surface area contributed by atoms with Crippen LogP contribution in [0.15, 0.2) is 36.4 Å². The van der Waals surface area contributed by atoms with Crippen molar-refractivity contribution < 1.29 is 24.7 Å². The van der Waals surface area contributed by atoms with E-state index in [9.17, 15) is 24.7 Å². The average Bonchev–Trinajstić information content (AvgIpc) is 2.80. The first-order valence-corrected chi connectivity index (χ1v) is 11.6. The summed E-state index contributed by atoms with van der Waals surface area (Å²) in [5, 5.41) is 21.5. The summed E-state index contributed by atoms with van der Waals surface area (Å²) in [5.41, 5.74) is 7.64. The molecule has 1 aromatic rings. The van der Waals surface area contributed by atoms with Crippen LogP contribution in [0, 0.1) is 11.3 Å². The predicted molar refractivity (Wildman–Crippen MR) is 131 cm³/mol. The minimum Gasteiger partial charge on any atom is -0.396 e. The Bertz CT molecular complexity index is 824. The molecule has 9 nitrogen and oxygen atoms in total. The average molecular weight is 477 g/mol. The maximum atomic E-state index is 13.4. The molecule has 1 aromatic carbocycles. The number of nitrogens with one attached hydrogen (secondary N) is 1. The van der Waals surface area contributed by atoms with Gasteiger partial charge in [0.15, 0.2) is 0 Å². The first-order chi connectivity index (χ1) is 15.9. The fourth-order valence-electron chi connectivity index (χ4n) is 3.24. The minimum atomic E-state index is -1.21. The van der Waals surface area contributed by atoms with Crippen LogP contribution in [0.4, 0.5) is 0 Å². The Morgan fingerprint density at radius 3 is 2.26 bits per heavy atom. The first kappa shape index (κ1) is 29.3. The van der Waals surface area contributed by atoms with Gasteiger partial charge in [0.1, 0.15) is 6.04 Å². The van der Waals surface area contributed by atoms with Gasteiger partial charge in [0.25, 0.3) is 11.8 Å². The van der Waals surface area contributed by atoms with E-state index in [4.69, 9.17) is 5.73 Å². The highest BCUT2D eigenvalue weighted by Crippen LogP contribution is 2.23. The Morgan fingerprint density at radius 2 is 1.76 bits per heavy atom. The number of hydrogen-bond acceptors (Lipinski definition) is 6. The Labute approximate surface area is 202 Å². The molecule has 1 rings (SSSR count). The SMILES string of the molecule is CC(C)CCC(=O)N([C@@H](CC=Cc1ccccc1)C(=O)NO)N(CC(C)(C)CO)C(=O)[C@@H](C)N. The van der Waals surface area contributed by atoms with Crippen molar-refractivity contribution in [3.05, 3.63) is 42.0 Å². The minimum absolute atomic E-state index is 0.0387. The van der Waals surface area contributed by atoms with Crippen molar-refractivity contribution in [2.24, 2.45) is 17.1 Å². The third-order valence-corrected chi connectivity index (χ3v) is 5.28. The fraction of sp³-hybridized carbons (Fsp3) is 0.560. The lowest BCUT2D eigenvalue weighted by Crippen LogP contribution is -2.62. The highest BCUT2D eigenvalue weighted by molar-refractivity contribution is 5.90. The van der Waals surface area contributed by atoms with Gasteiger partial charge in [0.2, 0.25) is 5.91 Å². The fourth-order valence-corrected chi connectivity index (χ4v) is 3.24. The lowest BCUT2D eigenvalue weighted by Gasteiger charge is -2.43. The highest BCUT2D eigenvalue weighted by Gasteiger charge is 2.39. The number of benzene rings is 1. The number of hydrazine groups is 1. The lowest BCUT2D eigenvalue weighted by molar-refractivity contribution is -0.178. The molecule has 0 aromatic heterocycles. The van der Waals surface area contributed by atoms with E-state index in [0.717, 1.165) is 15.6 Å². The molecule has 0 aliphatic rings. The molecule has 0 saturated heterocycles. The van der Waals surface area contributed by atoms with Gasteiger partial charge in [-0.1, -0.05) is 70.2 Å². The maximum absolute atomic E-state index is 13.4. The number of carbonyl (C=O) groups is 3. The van der Waals surface area contributed by atoms with E-state index < -0.39 is 35.2 Å². The molecule has 0 aliphatic heterocycles. The standard InChI is InChI=1S/C25H40N4O5/c1-18(2)14-15-22(31)29(28(24(33)19(3)26)16-25(4,5)17-30)21(23(32)27-34)13-9-12-20-10-7-6-8-11-20/h6-12,18-19,21,30,34H,13-17,26H2,1-5H3,(H,27,32)/t19-,21+/m1/s1. The number of amides is 3. The zero-order valence-corrected chi connectivity index (χ0v) is 20.9. The number of aliphatic hydroxyl groups is 1. The molecular formula is C25H40N4O5. The Balaban J connectivity index is 3.47. The van der Waals surface area contributed by atoms with Gasteiger partial charge >= 0.3 is 0 Å². The second kappa shape index (κ2) is 13.8. The molecule has 0 bridgehead atoms. The van der Waals surface area contributed by atoms with Gasteiger partial charge in [-0.05, 0) is 31.2 Å². The molecule has 9 heteroatoms. The van der Waals surface area contributed by atoms with Crippen molar-refractivity contribution in [1.82, 2.24) is 15.5 Å². The Morgan fingerprint density at radius 1 is 1.15 bits per heavy atom. The van der Waals surface area contributed by atoms with Crippen LogP contribution < -0.4 is 11.2 Å². The molecule has 0 saturated carbocycles. The summed E-state index contributed by atoms with van der Waals surface area (Å²) in [6.45, 7) is 8.61. The van der Waals surface area contributed by atoms with Crippen LogP contribution in [0.1, 0.15) is 59.4 Å². The van der Waals surface area contributed by atoms with Gasteiger partial charge in [-0.3, -0.25) is 19.6 Å². The third-order valence-electron chi connectivity index (χ3n) is 5.28. The maximum Gasteiger partial charge on any atom is 0.268 e. The summed E-state index contributed by atoms with van der Waals surface area (Å²) in [4.78, 5) is 39.3. The van der Waals surface area contributed by atoms with E-state index >= 15 is 0 Å². The molecule has 0 heterocycles. The van der Waals surface area contributed by atoms with Crippen LogP contribution in [0.3, 0.4) is 0 Å². The van der Waals surface area contributed by atoms with E-state index in [1.807, 2.05) is 44.2 Å². The molecule has 190 valence electrons. The van der Waals surface area contributed by atoms with E-state index in [0.29, 0.717) is 6.42 Å². The molecule has 0 unspecified atom stereocenters. The zero-order valence-electron chi connectivity index (χ0n) is 20.9. The molecule has 0 aliphatic carbocycles. The number of aliphatic hydroxyl groups excluding tert-OH is 1. The summed E-state index contributed by atoms with van der Waals surface area (Å²) in [6.07, 6.45) is 4.19. The number of rotatable bonds is 12. The number of hydroxylamine groups is 1. The van der Waals surface area contributed by atoms with Crippen LogP contribution in [0.5, 0.6) is 0 Å². The summed E-state index contributed by atoms with van der Waals surface area (Å²) in [5.74, 6) is -1.62. The molecular weight excluding hydrogens is 436 g/mol. The van der Waals surface area contributed by atoms with Crippen LogP contribution in [0.2, 0.25) is 0 Å². The van der Waals surface area contributed by atoms with Crippen LogP contribution in [0.25, 0.3) is 6.08 Å². The van der Waals surface area contributed by atoms with Crippen molar-refractivity contribution in [2.75, 3.05) is 13.2 Å². The Hall–Kier alpha value is -2.75. The summed E-state index contributed by atoms with van der Waals surface area (Å²) in [7, 11) is 0. The number of carbonyl (C=O) groups excluding carboxylic acids is 3. The van der Waals surface area contributed by atoms with Crippen molar-refractivity contribution >= 4 is 23.8 Å². The molecule has 0 fully saturated rings. The molecule has 5 N–H and O–H groups in total. The highest BCUT2D eigenvalue weighted by atomic mass is 16.5. The molecule has 2 atom stereocenters. The monoisotopic (exact) mass is 476 g/mol. The normalized spacial score (nSPS) is 13.6. The number of hydrogen-bond donors (Lipinski definition) is 4. The van der Waals surface area contributed by atoms with Gasteiger partial charge in [-0.25, -0.2) is 15.5 Å². The van der Waals surface area contributed by atoms with Crippen LogP contribution in [-0.4, -0.2) is 63.3 Å². The van der Waals surface area contributed by atoms with Gasteiger partial charge in [0.05, 0.1) is 12.6 Å². The van der Waals surface area contributed by atoms with E-state index in [1.54, 1.807) is 31.5 Å². The van der Waals surface area contributed by atoms with Gasteiger partial charge in [-0.15, -0.1) is 0 Å². The lowest BCUT2D eigenvalue weighted by atomic mass is 9.94. The Kier molecular flexibility index (Phi) is 11.9. The van der Waals surface area contributed by atoms with Crippen molar-refractivity contribution in [3.8, 4) is 0 Å². The zero-order chi connectivity index (χ0) is 25.9. The van der Waals surface area contributed by atoms with Crippen LogP contribution >= 0.6 is 0 Å². The topological polar surface area (TPSA) is 136 Å². The summed E-state index contributed by atoms with van der Waals surface area (Å²) >= 11 is 0. The number of nitrogens with two attached hydrogens (primary N) is 1. The van der Waals surface area contributed by atoms with Gasteiger partial charge < -0.3 is 10.8 Å². The largest absolute Gasteiger partial charge is 0.396 e. The molecule has 0 radical (unpaired) electrons. The summed E-state index contributed by atoms with van der Waals surface area (Å²) in [6, 6.07) is 7.25. The van der Waals surface area contributed by atoms with Gasteiger partial charge in [-0.2, -0.15) is 0 Å². The third kappa shape index (κ3) is 9.24. The second-order valence-electron chi connectivity index (χ2n) is 9.72. The van der Waals surface area contributed by atoms with Crippen molar-refractivity contribution in [3.63, 3.8) is 0 Å².